The van der Waals surface area contributed by atoms with Crippen molar-refractivity contribution in [3.63, 3.8) is 0 Å². The molecule has 25 heavy (non-hydrogen) atoms. The highest BCUT2D eigenvalue weighted by Crippen LogP contribution is 2.35. The Bertz CT molecular complexity index is 731. The number of aliphatic hydroxyl groups is 1. The van der Waals surface area contributed by atoms with Crippen LogP contribution in [0.3, 0.4) is 0 Å². The highest BCUT2D eigenvalue weighted by molar-refractivity contribution is 5.46. The van der Waals surface area contributed by atoms with E-state index >= 15 is 0 Å². The zero-order chi connectivity index (χ0) is 17.8. The third-order valence-corrected chi connectivity index (χ3v) is 3.95. The fraction of sp³-hybridized carbons (Fsp3) is 0.471. The molecule has 0 saturated heterocycles. The maximum Gasteiger partial charge on any atom is 0.231 e. The first-order chi connectivity index (χ1) is 12.1. The molecule has 1 aliphatic rings. The van der Waals surface area contributed by atoms with Crippen LogP contribution in [0.25, 0.3) is 0 Å². The predicted octanol–water partition coefficient (Wildman–Crippen LogP) is 0.995. The number of ether oxygens (including phenoxy) is 4. The molecule has 2 N–H and O–H groups in total. The van der Waals surface area contributed by atoms with Crippen LogP contribution in [0.4, 0.5) is 0 Å². The average Bonchev–Trinajstić information content (AvgIpc) is 3.16. The van der Waals surface area contributed by atoms with E-state index in [9.17, 15) is 5.11 Å². The molecule has 0 unspecified atom stereocenters. The number of hydrogen-bond acceptors (Lipinski definition) is 7. The minimum absolute atomic E-state index is 0.176. The first kappa shape index (κ1) is 17.4. The van der Waals surface area contributed by atoms with Crippen LogP contribution in [0.1, 0.15) is 11.3 Å². The molecule has 8 nitrogen and oxygen atoms in total. The highest BCUT2D eigenvalue weighted by atomic mass is 16.7. The molecule has 2 heterocycles. The van der Waals surface area contributed by atoms with Crippen LogP contribution in [0.2, 0.25) is 0 Å². The molecule has 0 saturated carbocycles. The van der Waals surface area contributed by atoms with Gasteiger partial charge in [0.1, 0.15) is 18.5 Å². The van der Waals surface area contributed by atoms with Gasteiger partial charge in [0, 0.05) is 26.2 Å². The molecule has 1 aliphatic heterocycles. The van der Waals surface area contributed by atoms with Crippen molar-refractivity contribution in [3.8, 4) is 23.1 Å². The first-order valence-electron chi connectivity index (χ1n) is 8.06. The van der Waals surface area contributed by atoms with Gasteiger partial charge in [0.2, 0.25) is 12.7 Å². The van der Waals surface area contributed by atoms with Crippen molar-refractivity contribution in [1.29, 1.82) is 0 Å². The second-order valence-corrected chi connectivity index (χ2v) is 5.81. The summed E-state index contributed by atoms with van der Waals surface area (Å²) < 4.78 is 23.2. The molecule has 0 bridgehead atoms. The molecule has 136 valence electrons. The SMILES string of the molecule is COc1c(CNC[C@H](O)COc2ccc3c(c2)OCO3)c(C)nn1C. The Hall–Kier alpha value is -2.45. The van der Waals surface area contributed by atoms with Crippen LogP contribution in [-0.2, 0) is 13.6 Å². The lowest BCUT2D eigenvalue weighted by Gasteiger charge is -2.14. The Morgan fingerprint density at radius 3 is 2.96 bits per heavy atom. The maximum absolute atomic E-state index is 10.1. The van der Waals surface area contributed by atoms with Crippen LogP contribution >= 0.6 is 0 Å². The van der Waals surface area contributed by atoms with Gasteiger partial charge in [-0.25, -0.2) is 4.68 Å². The summed E-state index contributed by atoms with van der Waals surface area (Å²) in [4.78, 5) is 0. The molecule has 1 atom stereocenters. The second-order valence-electron chi connectivity index (χ2n) is 5.81. The molecule has 2 aromatic rings. The van der Waals surface area contributed by atoms with Crippen molar-refractivity contribution < 1.29 is 24.1 Å². The van der Waals surface area contributed by atoms with E-state index in [0.717, 1.165) is 17.1 Å². The monoisotopic (exact) mass is 349 g/mol. The van der Waals surface area contributed by atoms with Crippen LogP contribution < -0.4 is 24.3 Å². The minimum Gasteiger partial charge on any atom is -0.491 e. The molecule has 3 rings (SSSR count). The first-order valence-corrected chi connectivity index (χ1v) is 8.06. The van der Waals surface area contributed by atoms with Gasteiger partial charge in [-0.3, -0.25) is 0 Å². The lowest BCUT2D eigenvalue weighted by atomic mass is 10.2. The summed E-state index contributed by atoms with van der Waals surface area (Å²) in [5.41, 5.74) is 1.88. The Labute approximate surface area is 146 Å². The van der Waals surface area contributed by atoms with Gasteiger partial charge in [-0.1, -0.05) is 0 Å². The van der Waals surface area contributed by atoms with Crippen molar-refractivity contribution in [1.82, 2.24) is 15.1 Å². The van der Waals surface area contributed by atoms with Gasteiger partial charge in [0.15, 0.2) is 11.5 Å². The molecule has 0 aliphatic carbocycles. The van der Waals surface area contributed by atoms with E-state index in [-0.39, 0.29) is 13.4 Å². The van der Waals surface area contributed by atoms with E-state index in [0.29, 0.717) is 30.3 Å². The van der Waals surface area contributed by atoms with Crippen LogP contribution in [0.5, 0.6) is 23.1 Å². The van der Waals surface area contributed by atoms with Gasteiger partial charge in [0.25, 0.3) is 0 Å². The molecular weight excluding hydrogens is 326 g/mol. The Morgan fingerprint density at radius 2 is 2.16 bits per heavy atom. The smallest absolute Gasteiger partial charge is 0.231 e. The summed E-state index contributed by atoms with van der Waals surface area (Å²) in [7, 11) is 3.46. The van der Waals surface area contributed by atoms with E-state index in [1.807, 2.05) is 14.0 Å². The highest BCUT2D eigenvalue weighted by Gasteiger charge is 2.16. The summed E-state index contributed by atoms with van der Waals surface area (Å²) in [6.45, 7) is 3.28. The van der Waals surface area contributed by atoms with Gasteiger partial charge in [0.05, 0.1) is 18.4 Å². The molecule has 1 aromatic heterocycles. The summed E-state index contributed by atoms with van der Waals surface area (Å²) in [6.07, 6.45) is -0.645. The normalized spacial score (nSPS) is 13.8. The summed E-state index contributed by atoms with van der Waals surface area (Å²) >= 11 is 0. The Kier molecular flexibility index (Phi) is 5.30. The van der Waals surface area contributed by atoms with Crippen LogP contribution in [-0.4, -0.2) is 48.0 Å². The standard InChI is InChI=1S/C17H23N3O5/c1-11-14(17(22-3)20(2)19-11)8-18-7-12(21)9-23-13-4-5-15-16(6-13)25-10-24-15/h4-6,12,18,21H,7-10H2,1-3H3/t12-/m0/s1. The number of aliphatic hydroxyl groups excluding tert-OH is 1. The lowest BCUT2D eigenvalue weighted by molar-refractivity contribution is 0.106. The quantitative estimate of drug-likeness (QED) is 0.735. The number of nitrogens with zero attached hydrogens (tertiary/aromatic N) is 2. The number of nitrogens with one attached hydrogen (secondary N) is 1. The van der Waals surface area contributed by atoms with Gasteiger partial charge in [-0.2, -0.15) is 5.10 Å². The van der Waals surface area contributed by atoms with Gasteiger partial charge in [-0.15, -0.1) is 0 Å². The molecule has 1 aromatic carbocycles. The van der Waals surface area contributed by atoms with Gasteiger partial charge < -0.3 is 29.4 Å². The molecule has 8 heteroatoms. The molecule has 0 fully saturated rings. The van der Waals surface area contributed by atoms with E-state index in [1.54, 1.807) is 30.0 Å². The van der Waals surface area contributed by atoms with Crippen molar-refractivity contribution in [2.75, 3.05) is 27.1 Å². The number of aromatic nitrogens is 2. The second kappa shape index (κ2) is 7.62. The third-order valence-electron chi connectivity index (χ3n) is 3.95. The van der Waals surface area contributed by atoms with E-state index in [1.165, 1.54) is 0 Å². The van der Waals surface area contributed by atoms with Crippen molar-refractivity contribution in [2.45, 2.75) is 19.6 Å². The fourth-order valence-corrected chi connectivity index (χ4v) is 2.72. The number of methoxy groups -OCH3 is 1. The molecular formula is C17H23N3O5. The van der Waals surface area contributed by atoms with E-state index < -0.39 is 6.10 Å². The molecule has 0 radical (unpaired) electrons. The lowest BCUT2D eigenvalue weighted by Crippen LogP contribution is -2.31. The van der Waals surface area contributed by atoms with Crippen molar-refractivity contribution in [2.24, 2.45) is 7.05 Å². The third kappa shape index (κ3) is 3.97. The number of benzene rings is 1. The largest absolute Gasteiger partial charge is 0.491 e. The summed E-state index contributed by atoms with van der Waals surface area (Å²) in [6, 6.07) is 5.34. The van der Waals surface area contributed by atoms with Crippen LogP contribution in [0.15, 0.2) is 18.2 Å². The predicted molar refractivity (Wildman–Crippen MR) is 90.3 cm³/mol. The molecule has 0 spiro atoms. The maximum atomic E-state index is 10.1. The zero-order valence-corrected chi connectivity index (χ0v) is 14.6. The van der Waals surface area contributed by atoms with Gasteiger partial charge in [-0.05, 0) is 19.1 Å². The Balaban J connectivity index is 1.45. The van der Waals surface area contributed by atoms with E-state index in [4.69, 9.17) is 18.9 Å². The number of hydrogen-bond donors (Lipinski definition) is 2. The molecule has 0 amide bonds. The summed E-state index contributed by atoms with van der Waals surface area (Å²) in [5.74, 6) is 2.71. The topological polar surface area (TPSA) is 87.0 Å². The number of rotatable bonds is 8. The average molecular weight is 349 g/mol. The fourth-order valence-electron chi connectivity index (χ4n) is 2.72. The van der Waals surface area contributed by atoms with Crippen molar-refractivity contribution >= 4 is 0 Å². The van der Waals surface area contributed by atoms with Gasteiger partial charge >= 0.3 is 0 Å². The number of fused-ring (bicyclic) bond motifs is 1. The summed E-state index contributed by atoms with van der Waals surface area (Å²) in [5, 5.41) is 17.6. The Morgan fingerprint density at radius 1 is 1.36 bits per heavy atom. The zero-order valence-electron chi connectivity index (χ0n) is 14.6. The van der Waals surface area contributed by atoms with Crippen molar-refractivity contribution in [3.05, 3.63) is 29.5 Å². The number of aryl methyl sites for hydroxylation is 2. The minimum atomic E-state index is -0.645. The van der Waals surface area contributed by atoms with E-state index in [2.05, 4.69) is 10.4 Å². The van der Waals surface area contributed by atoms with Crippen LogP contribution in [0, 0.1) is 6.92 Å².